The Morgan fingerprint density at radius 3 is 2.93 bits per heavy atom. The van der Waals surface area contributed by atoms with Gasteiger partial charge in [-0.2, -0.15) is 5.10 Å². The van der Waals surface area contributed by atoms with Gasteiger partial charge >= 0.3 is 0 Å². The van der Waals surface area contributed by atoms with Gasteiger partial charge in [-0.3, -0.25) is 19.7 Å². The van der Waals surface area contributed by atoms with Gasteiger partial charge in [-0.05, 0) is 24.3 Å². The summed E-state index contributed by atoms with van der Waals surface area (Å²) in [5, 5.41) is 7.59. The van der Waals surface area contributed by atoms with Gasteiger partial charge in [0.1, 0.15) is 5.60 Å². The van der Waals surface area contributed by atoms with Crippen LogP contribution >= 0.6 is 0 Å². The average Bonchev–Trinajstić information content (AvgIpc) is 3.16. The van der Waals surface area contributed by atoms with Gasteiger partial charge < -0.3 is 9.64 Å². The first-order chi connectivity index (χ1) is 13.1. The fourth-order valence-electron chi connectivity index (χ4n) is 3.99. The van der Waals surface area contributed by atoms with E-state index >= 15 is 0 Å². The smallest absolute Gasteiger partial charge is 0.253 e. The Labute approximate surface area is 155 Å². The number of H-pyrrole nitrogens is 1. The van der Waals surface area contributed by atoms with Crippen LogP contribution < -0.4 is 4.74 Å². The zero-order chi connectivity index (χ0) is 18.4. The zero-order valence-electron chi connectivity index (χ0n) is 14.6. The SMILES string of the molecule is O=C1CC2(CCN(C(=O)c3ccc4ncccc4c3)CC2)Oc2c[nH]nc21. The fraction of sp³-hybridized carbons (Fsp3) is 0.300. The van der Waals surface area contributed by atoms with Gasteiger partial charge in [-0.25, -0.2) is 0 Å². The number of rotatable bonds is 1. The first-order valence-electron chi connectivity index (χ1n) is 9.04. The van der Waals surface area contributed by atoms with Crippen LogP contribution in [-0.4, -0.2) is 50.5 Å². The molecule has 4 heterocycles. The molecule has 1 fully saturated rings. The second-order valence-electron chi connectivity index (χ2n) is 7.19. The molecule has 2 aliphatic rings. The third-order valence-corrected chi connectivity index (χ3v) is 5.49. The first kappa shape index (κ1) is 16.0. The van der Waals surface area contributed by atoms with E-state index in [1.807, 2.05) is 35.2 Å². The van der Waals surface area contributed by atoms with Crippen LogP contribution in [0.15, 0.2) is 42.7 Å². The molecule has 1 N–H and O–H groups in total. The summed E-state index contributed by atoms with van der Waals surface area (Å²) in [6.45, 7) is 1.12. The standard InChI is InChI=1S/C20H18N4O3/c25-16-11-20(27-17-12-22-23-18(16)17)5-8-24(9-6-20)19(26)14-3-4-15-13(10-14)2-1-7-21-15/h1-4,7,10,12H,5-6,8-9,11H2,(H,22,23). The third-order valence-electron chi connectivity index (χ3n) is 5.49. The van der Waals surface area contributed by atoms with Crippen molar-refractivity contribution in [2.45, 2.75) is 24.9 Å². The van der Waals surface area contributed by atoms with E-state index in [1.54, 1.807) is 12.4 Å². The number of pyridine rings is 1. The number of Topliss-reactive ketones (excluding diaryl/α,β-unsaturated/α-hetero) is 1. The van der Waals surface area contributed by atoms with E-state index < -0.39 is 5.60 Å². The maximum Gasteiger partial charge on any atom is 0.253 e. The van der Waals surface area contributed by atoms with Crippen LogP contribution in [0.5, 0.6) is 5.75 Å². The molecule has 1 aromatic carbocycles. The van der Waals surface area contributed by atoms with E-state index in [4.69, 9.17) is 4.74 Å². The highest BCUT2D eigenvalue weighted by atomic mass is 16.5. The fourth-order valence-corrected chi connectivity index (χ4v) is 3.99. The van der Waals surface area contributed by atoms with Crippen LogP contribution in [0.1, 0.15) is 40.1 Å². The van der Waals surface area contributed by atoms with Crippen molar-refractivity contribution in [2.24, 2.45) is 0 Å². The van der Waals surface area contributed by atoms with Crippen LogP contribution in [0.25, 0.3) is 10.9 Å². The Kier molecular flexibility index (Phi) is 3.50. The second kappa shape index (κ2) is 5.90. The van der Waals surface area contributed by atoms with Crippen molar-refractivity contribution in [2.75, 3.05) is 13.1 Å². The number of aromatic amines is 1. The van der Waals surface area contributed by atoms with Crippen LogP contribution in [0.2, 0.25) is 0 Å². The number of amides is 1. The van der Waals surface area contributed by atoms with E-state index in [0.717, 1.165) is 10.9 Å². The molecule has 136 valence electrons. The second-order valence-corrected chi connectivity index (χ2v) is 7.19. The lowest BCUT2D eigenvalue weighted by Gasteiger charge is -2.43. The molecule has 0 bridgehead atoms. The molecule has 7 heteroatoms. The van der Waals surface area contributed by atoms with Crippen molar-refractivity contribution in [3.8, 4) is 5.75 Å². The number of ether oxygens (including phenoxy) is 1. The summed E-state index contributed by atoms with van der Waals surface area (Å²) >= 11 is 0. The lowest BCUT2D eigenvalue weighted by Crippen LogP contribution is -2.52. The number of hydrogen-bond acceptors (Lipinski definition) is 5. The Hall–Kier alpha value is -3.22. The summed E-state index contributed by atoms with van der Waals surface area (Å²) < 4.78 is 6.10. The van der Waals surface area contributed by atoms with Crippen molar-refractivity contribution in [1.82, 2.24) is 20.1 Å². The van der Waals surface area contributed by atoms with E-state index in [1.165, 1.54) is 0 Å². The number of benzene rings is 1. The molecule has 0 saturated carbocycles. The Bertz CT molecular complexity index is 1050. The van der Waals surface area contributed by atoms with E-state index in [2.05, 4.69) is 15.2 Å². The molecule has 7 nitrogen and oxygen atoms in total. The van der Waals surface area contributed by atoms with Crippen LogP contribution in [0.3, 0.4) is 0 Å². The number of likely N-dealkylation sites (tertiary alicyclic amines) is 1. The number of ketones is 1. The summed E-state index contributed by atoms with van der Waals surface area (Å²) in [6.07, 6.45) is 4.93. The summed E-state index contributed by atoms with van der Waals surface area (Å²) in [5.41, 5.74) is 1.38. The summed E-state index contributed by atoms with van der Waals surface area (Å²) in [4.78, 5) is 31.4. The highest BCUT2D eigenvalue weighted by Crippen LogP contribution is 2.38. The highest BCUT2D eigenvalue weighted by molar-refractivity contribution is 5.99. The summed E-state index contributed by atoms with van der Waals surface area (Å²) in [5.74, 6) is 0.522. The summed E-state index contributed by atoms with van der Waals surface area (Å²) in [7, 11) is 0. The number of piperidine rings is 1. The Balaban J connectivity index is 1.33. The van der Waals surface area contributed by atoms with Crippen molar-refractivity contribution >= 4 is 22.6 Å². The highest BCUT2D eigenvalue weighted by Gasteiger charge is 2.44. The van der Waals surface area contributed by atoms with Crippen molar-refractivity contribution in [3.63, 3.8) is 0 Å². The maximum atomic E-state index is 12.9. The molecule has 0 radical (unpaired) electrons. The van der Waals surface area contributed by atoms with Gasteiger partial charge in [0.15, 0.2) is 17.2 Å². The normalized spacial score (nSPS) is 18.4. The van der Waals surface area contributed by atoms with Gasteiger partial charge in [0.2, 0.25) is 0 Å². The number of hydrogen-bond donors (Lipinski definition) is 1. The number of nitrogens with one attached hydrogen (secondary N) is 1. The molecule has 5 rings (SSSR count). The minimum absolute atomic E-state index is 0.000643. The van der Waals surface area contributed by atoms with Crippen LogP contribution in [0, 0.1) is 0 Å². The monoisotopic (exact) mass is 362 g/mol. The number of nitrogens with zero attached hydrogens (tertiary/aromatic N) is 3. The Morgan fingerprint density at radius 1 is 1.22 bits per heavy atom. The van der Waals surface area contributed by atoms with Gasteiger partial charge in [0.05, 0.1) is 18.1 Å². The molecule has 27 heavy (non-hydrogen) atoms. The van der Waals surface area contributed by atoms with Crippen LogP contribution in [-0.2, 0) is 0 Å². The quantitative estimate of drug-likeness (QED) is 0.719. The number of fused-ring (bicyclic) bond motifs is 2. The lowest BCUT2D eigenvalue weighted by atomic mass is 9.83. The van der Waals surface area contributed by atoms with Gasteiger partial charge in [-0.1, -0.05) is 6.07 Å². The Morgan fingerprint density at radius 2 is 2.07 bits per heavy atom. The first-order valence-corrected chi connectivity index (χ1v) is 9.04. The van der Waals surface area contributed by atoms with Crippen molar-refractivity contribution < 1.29 is 14.3 Å². The predicted octanol–water partition coefficient (Wildman–Crippen LogP) is 2.60. The van der Waals surface area contributed by atoms with Crippen LogP contribution in [0.4, 0.5) is 0 Å². The topological polar surface area (TPSA) is 88.2 Å². The average molecular weight is 362 g/mol. The largest absolute Gasteiger partial charge is 0.483 e. The predicted molar refractivity (Wildman–Crippen MR) is 97.8 cm³/mol. The molecular formula is C20H18N4O3. The molecule has 2 aliphatic heterocycles. The van der Waals surface area contributed by atoms with Gasteiger partial charge in [0.25, 0.3) is 5.91 Å². The molecule has 0 aliphatic carbocycles. The third kappa shape index (κ3) is 2.66. The summed E-state index contributed by atoms with van der Waals surface area (Å²) in [6, 6.07) is 9.39. The van der Waals surface area contributed by atoms with E-state index in [0.29, 0.717) is 49.4 Å². The number of carbonyl (C=O) groups is 2. The zero-order valence-corrected chi connectivity index (χ0v) is 14.6. The minimum Gasteiger partial charge on any atom is -0.483 e. The molecule has 3 aromatic rings. The van der Waals surface area contributed by atoms with Crippen molar-refractivity contribution in [1.29, 1.82) is 0 Å². The van der Waals surface area contributed by atoms with Crippen molar-refractivity contribution in [3.05, 3.63) is 54.0 Å². The molecule has 2 aromatic heterocycles. The molecule has 1 spiro atoms. The molecule has 1 saturated heterocycles. The van der Waals surface area contributed by atoms with E-state index in [9.17, 15) is 9.59 Å². The number of carbonyl (C=O) groups excluding carboxylic acids is 2. The molecular weight excluding hydrogens is 344 g/mol. The molecule has 0 atom stereocenters. The minimum atomic E-state index is -0.530. The molecule has 0 unspecified atom stereocenters. The van der Waals surface area contributed by atoms with Gasteiger partial charge in [0, 0.05) is 43.1 Å². The number of aromatic nitrogens is 3. The van der Waals surface area contributed by atoms with E-state index in [-0.39, 0.29) is 11.7 Å². The molecule has 1 amide bonds. The lowest BCUT2D eigenvalue weighted by molar-refractivity contribution is -0.00581. The van der Waals surface area contributed by atoms with Gasteiger partial charge in [-0.15, -0.1) is 0 Å². The maximum absolute atomic E-state index is 12.9.